The van der Waals surface area contributed by atoms with Gasteiger partial charge in [0, 0.05) is 23.1 Å². The Labute approximate surface area is 146 Å². The normalized spacial score (nSPS) is 14.6. The number of hydrogen-bond donors (Lipinski definition) is 2. The van der Waals surface area contributed by atoms with Crippen molar-refractivity contribution in [3.8, 4) is 5.75 Å². The number of carboxylic acids is 1. The van der Waals surface area contributed by atoms with Gasteiger partial charge in [-0.2, -0.15) is 0 Å². The Balaban J connectivity index is 1.76. The van der Waals surface area contributed by atoms with Gasteiger partial charge < -0.3 is 15.2 Å². The highest BCUT2D eigenvalue weighted by Crippen LogP contribution is 2.50. The number of hydrogen-bond acceptors (Lipinski definition) is 3. The van der Waals surface area contributed by atoms with Gasteiger partial charge in [-0.05, 0) is 49.6 Å². The summed E-state index contributed by atoms with van der Waals surface area (Å²) in [5.74, 6) is -0.462. The van der Waals surface area contributed by atoms with Crippen molar-refractivity contribution in [2.24, 2.45) is 0 Å². The maximum absolute atomic E-state index is 12.5. The van der Waals surface area contributed by atoms with E-state index in [9.17, 15) is 9.59 Å². The summed E-state index contributed by atoms with van der Waals surface area (Å²) < 4.78 is 5.44. The molecule has 2 aromatic carbocycles. The van der Waals surface area contributed by atoms with Gasteiger partial charge in [-0.15, -0.1) is 0 Å². The van der Waals surface area contributed by atoms with Crippen LogP contribution >= 0.6 is 0 Å². The van der Waals surface area contributed by atoms with Crippen molar-refractivity contribution in [2.75, 3.05) is 13.7 Å². The van der Waals surface area contributed by atoms with Gasteiger partial charge in [-0.25, -0.2) is 4.79 Å². The van der Waals surface area contributed by atoms with Crippen molar-refractivity contribution in [3.05, 3.63) is 64.7 Å². The highest BCUT2D eigenvalue weighted by atomic mass is 16.5. The van der Waals surface area contributed by atoms with Crippen LogP contribution < -0.4 is 10.1 Å². The Morgan fingerprint density at radius 2 is 1.84 bits per heavy atom. The van der Waals surface area contributed by atoms with Crippen LogP contribution in [0.2, 0.25) is 0 Å². The quantitative estimate of drug-likeness (QED) is 0.848. The Kier molecular flexibility index (Phi) is 4.49. The number of rotatable bonds is 6. The molecule has 0 unspecified atom stereocenters. The summed E-state index contributed by atoms with van der Waals surface area (Å²) in [6.45, 7) is 2.28. The predicted octanol–water partition coefficient (Wildman–Crippen LogP) is 3.16. The number of amides is 1. The minimum Gasteiger partial charge on any atom is -0.496 e. The number of para-hydroxylation sites is 1. The van der Waals surface area contributed by atoms with Gasteiger partial charge >= 0.3 is 5.97 Å². The molecular formula is C20H21NO4. The number of carboxylic acid groups (broad SMARTS) is 1. The summed E-state index contributed by atoms with van der Waals surface area (Å²) in [4.78, 5) is 23.7. The minimum absolute atomic E-state index is 0.0955. The second kappa shape index (κ2) is 6.59. The molecule has 1 saturated carbocycles. The lowest BCUT2D eigenvalue weighted by atomic mass is 9.94. The van der Waals surface area contributed by atoms with E-state index in [-0.39, 0.29) is 16.9 Å². The van der Waals surface area contributed by atoms with Gasteiger partial charge in [0.1, 0.15) is 5.75 Å². The van der Waals surface area contributed by atoms with Crippen LogP contribution in [0.1, 0.15) is 44.7 Å². The maximum Gasteiger partial charge on any atom is 0.335 e. The van der Waals surface area contributed by atoms with Crippen molar-refractivity contribution in [1.29, 1.82) is 0 Å². The summed E-state index contributed by atoms with van der Waals surface area (Å²) in [5.41, 5.74) is 2.25. The summed E-state index contributed by atoms with van der Waals surface area (Å²) in [6.07, 6.45) is 1.98. The maximum atomic E-state index is 12.5. The van der Waals surface area contributed by atoms with Crippen LogP contribution in [-0.4, -0.2) is 30.6 Å². The second-order valence-corrected chi connectivity index (χ2v) is 6.56. The lowest BCUT2D eigenvalue weighted by Crippen LogP contribution is -2.32. The van der Waals surface area contributed by atoms with Crippen LogP contribution in [0.25, 0.3) is 0 Å². The van der Waals surface area contributed by atoms with Gasteiger partial charge in [0.15, 0.2) is 0 Å². The first-order valence-corrected chi connectivity index (χ1v) is 8.22. The van der Waals surface area contributed by atoms with Crippen molar-refractivity contribution in [2.45, 2.75) is 25.2 Å². The van der Waals surface area contributed by atoms with Crippen LogP contribution in [0.3, 0.4) is 0 Å². The molecule has 25 heavy (non-hydrogen) atoms. The zero-order valence-electron chi connectivity index (χ0n) is 14.3. The largest absolute Gasteiger partial charge is 0.496 e. The summed E-state index contributed by atoms with van der Waals surface area (Å²) in [7, 11) is 1.65. The van der Waals surface area contributed by atoms with Crippen molar-refractivity contribution in [1.82, 2.24) is 5.32 Å². The third-order valence-electron chi connectivity index (χ3n) is 4.71. The number of methoxy groups -OCH3 is 1. The molecule has 0 bridgehead atoms. The molecule has 2 N–H and O–H groups in total. The zero-order valence-corrected chi connectivity index (χ0v) is 14.3. The third-order valence-corrected chi connectivity index (χ3v) is 4.71. The van der Waals surface area contributed by atoms with Crippen LogP contribution in [0.5, 0.6) is 5.75 Å². The molecule has 1 amide bonds. The molecule has 0 aromatic heterocycles. The monoisotopic (exact) mass is 339 g/mol. The number of ether oxygens (including phenoxy) is 1. The molecule has 0 radical (unpaired) electrons. The van der Waals surface area contributed by atoms with Crippen molar-refractivity contribution in [3.63, 3.8) is 0 Å². The zero-order chi connectivity index (χ0) is 18.0. The summed E-state index contributed by atoms with van der Waals surface area (Å²) in [5, 5.41) is 12.1. The number of nitrogens with one attached hydrogen (secondary N) is 1. The average molecular weight is 339 g/mol. The van der Waals surface area contributed by atoms with E-state index in [4.69, 9.17) is 9.84 Å². The molecule has 0 heterocycles. The van der Waals surface area contributed by atoms with Crippen LogP contribution in [-0.2, 0) is 5.41 Å². The van der Waals surface area contributed by atoms with Crippen LogP contribution in [0.15, 0.2) is 42.5 Å². The van der Waals surface area contributed by atoms with E-state index in [1.54, 1.807) is 26.2 Å². The molecule has 1 fully saturated rings. The van der Waals surface area contributed by atoms with E-state index in [1.807, 2.05) is 24.3 Å². The Hall–Kier alpha value is -2.82. The number of aromatic carboxylic acids is 1. The molecule has 3 rings (SSSR count). The molecule has 5 heteroatoms. The molecule has 0 spiro atoms. The molecule has 0 atom stereocenters. The van der Waals surface area contributed by atoms with Gasteiger partial charge in [-0.1, -0.05) is 18.2 Å². The van der Waals surface area contributed by atoms with Crippen molar-refractivity contribution >= 4 is 11.9 Å². The first-order valence-electron chi connectivity index (χ1n) is 8.22. The SMILES string of the molecule is COc1ccccc1C1(CNC(=O)c2cc(C)cc(C(=O)O)c2)CC1. The standard InChI is InChI=1S/C20H21NO4/c1-13-9-14(11-15(10-13)19(23)24)18(22)21-12-20(7-8-20)16-5-3-4-6-17(16)25-2/h3-6,9-11H,7-8,12H2,1-2H3,(H,21,22)(H,23,24). The Morgan fingerprint density at radius 3 is 2.48 bits per heavy atom. The van der Waals surface area contributed by atoms with Gasteiger partial charge in [0.05, 0.1) is 12.7 Å². The predicted molar refractivity (Wildman–Crippen MR) is 94.4 cm³/mol. The van der Waals surface area contributed by atoms with Gasteiger partial charge in [0.25, 0.3) is 5.91 Å². The fourth-order valence-corrected chi connectivity index (χ4v) is 3.16. The average Bonchev–Trinajstić information content (AvgIpc) is 3.40. The molecule has 130 valence electrons. The van der Waals surface area contributed by atoms with Crippen molar-refractivity contribution < 1.29 is 19.4 Å². The highest BCUT2D eigenvalue weighted by Gasteiger charge is 2.46. The summed E-state index contributed by atoms with van der Waals surface area (Å²) >= 11 is 0. The molecule has 0 saturated heterocycles. The molecular weight excluding hydrogens is 318 g/mol. The van der Waals surface area contributed by atoms with Gasteiger partial charge in [0.2, 0.25) is 0 Å². The minimum atomic E-state index is -1.04. The topological polar surface area (TPSA) is 75.6 Å². The molecule has 1 aliphatic rings. The lowest BCUT2D eigenvalue weighted by Gasteiger charge is -2.19. The highest BCUT2D eigenvalue weighted by molar-refractivity contribution is 5.97. The van der Waals surface area contributed by atoms with E-state index in [0.717, 1.165) is 29.7 Å². The molecule has 0 aliphatic heterocycles. The third kappa shape index (κ3) is 3.50. The Morgan fingerprint density at radius 1 is 1.16 bits per heavy atom. The van der Waals surface area contributed by atoms with E-state index in [1.165, 1.54) is 6.07 Å². The van der Waals surface area contributed by atoms with Gasteiger partial charge in [-0.3, -0.25) is 4.79 Å². The molecule has 1 aliphatic carbocycles. The summed E-state index contributed by atoms with van der Waals surface area (Å²) in [6, 6.07) is 12.5. The fourth-order valence-electron chi connectivity index (χ4n) is 3.16. The Bertz CT molecular complexity index is 824. The smallest absolute Gasteiger partial charge is 0.335 e. The van der Waals surface area contributed by atoms with E-state index in [2.05, 4.69) is 5.32 Å². The molecule has 2 aromatic rings. The number of aryl methyl sites for hydroxylation is 1. The fraction of sp³-hybridized carbons (Fsp3) is 0.300. The van der Waals surface area contributed by atoms with E-state index >= 15 is 0 Å². The first-order chi connectivity index (χ1) is 11.9. The van der Waals surface area contributed by atoms with E-state index < -0.39 is 5.97 Å². The second-order valence-electron chi connectivity index (χ2n) is 6.56. The first kappa shape index (κ1) is 17.0. The number of benzene rings is 2. The number of carbonyl (C=O) groups excluding carboxylic acids is 1. The van der Waals surface area contributed by atoms with Crippen LogP contribution in [0, 0.1) is 6.92 Å². The molecule has 5 nitrogen and oxygen atoms in total. The number of carbonyl (C=O) groups is 2. The van der Waals surface area contributed by atoms with Crippen LogP contribution in [0.4, 0.5) is 0 Å². The lowest BCUT2D eigenvalue weighted by molar-refractivity contribution is 0.0696. The van der Waals surface area contributed by atoms with E-state index in [0.29, 0.717) is 12.1 Å².